The molecule has 4 rings (SSSR count). The van der Waals surface area contributed by atoms with Gasteiger partial charge in [-0.3, -0.25) is 9.59 Å². The number of allylic oxidation sites excluding steroid dienone is 4. The summed E-state index contributed by atoms with van der Waals surface area (Å²) in [4.78, 5) is 24.0. The first-order valence-electron chi connectivity index (χ1n) is 8.58. The second kappa shape index (κ2) is 4.41. The molecule has 4 aliphatic rings. The molecule has 1 N–H and O–H groups in total. The summed E-state index contributed by atoms with van der Waals surface area (Å²) in [5, 5.41) is 10.8. The topological polar surface area (TPSA) is 54.4 Å². The van der Waals surface area contributed by atoms with Crippen LogP contribution in [0.4, 0.5) is 4.39 Å². The molecule has 0 amide bonds. The van der Waals surface area contributed by atoms with Crippen molar-refractivity contribution in [2.75, 3.05) is 0 Å². The van der Waals surface area contributed by atoms with E-state index in [0.717, 1.165) is 12.0 Å². The molecule has 0 aromatic heterocycles. The fourth-order valence-electron chi connectivity index (χ4n) is 5.98. The fourth-order valence-corrected chi connectivity index (χ4v) is 5.98. The Morgan fingerprint density at radius 1 is 1.17 bits per heavy atom. The van der Waals surface area contributed by atoms with E-state index in [-0.39, 0.29) is 29.8 Å². The highest BCUT2D eigenvalue weighted by Gasteiger charge is 2.70. The second-order valence-corrected chi connectivity index (χ2v) is 8.23. The Morgan fingerprint density at radius 3 is 2.61 bits per heavy atom. The molecule has 0 bridgehead atoms. The van der Waals surface area contributed by atoms with Crippen molar-refractivity contribution >= 4 is 11.6 Å². The molecule has 0 aromatic carbocycles. The third kappa shape index (κ3) is 1.63. The third-order valence-corrected chi connectivity index (χ3v) is 7.35. The van der Waals surface area contributed by atoms with E-state index in [4.69, 9.17) is 0 Å². The number of hydrogen-bond donors (Lipinski definition) is 1. The normalized spacial score (nSPS) is 51.8. The summed E-state index contributed by atoms with van der Waals surface area (Å²) < 4.78 is 16.4. The number of ketones is 2. The number of aliphatic hydroxyl groups is 1. The van der Waals surface area contributed by atoms with Crippen molar-refractivity contribution in [1.82, 2.24) is 0 Å². The monoisotopic (exact) mass is 318 g/mol. The first-order valence-corrected chi connectivity index (χ1v) is 8.58. The van der Waals surface area contributed by atoms with Crippen LogP contribution in [-0.4, -0.2) is 28.4 Å². The summed E-state index contributed by atoms with van der Waals surface area (Å²) in [6.45, 7) is 3.71. The zero-order valence-electron chi connectivity index (χ0n) is 13.6. The molecule has 0 spiro atoms. The Labute approximate surface area is 135 Å². The van der Waals surface area contributed by atoms with Crippen molar-refractivity contribution in [2.45, 2.75) is 57.7 Å². The number of rotatable bonds is 0. The zero-order chi connectivity index (χ0) is 16.6. The second-order valence-electron chi connectivity index (χ2n) is 8.23. The molecule has 0 heterocycles. The van der Waals surface area contributed by atoms with Crippen molar-refractivity contribution in [1.29, 1.82) is 0 Å². The van der Waals surface area contributed by atoms with Crippen LogP contribution in [0.3, 0.4) is 0 Å². The molecule has 6 atom stereocenters. The summed E-state index contributed by atoms with van der Waals surface area (Å²) in [6, 6.07) is 0. The average molecular weight is 318 g/mol. The highest BCUT2D eigenvalue weighted by molar-refractivity contribution is 6.01. The smallest absolute Gasteiger partial charge is 0.178 e. The van der Waals surface area contributed by atoms with E-state index in [2.05, 4.69) is 0 Å². The Bertz CT molecular complexity index is 666. The van der Waals surface area contributed by atoms with Gasteiger partial charge >= 0.3 is 0 Å². The van der Waals surface area contributed by atoms with Crippen LogP contribution in [0.5, 0.6) is 0 Å². The molecule has 124 valence electrons. The number of aliphatic hydroxyl groups excluding tert-OH is 1. The number of fused-ring (bicyclic) bond motifs is 5. The van der Waals surface area contributed by atoms with Crippen molar-refractivity contribution in [3.63, 3.8) is 0 Å². The molecule has 3 fully saturated rings. The van der Waals surface area contributed by atoms with E-state index in [0.29, 0.717) is 19.3 Å². The summed E-state index contributed by atoms with van der Waals surface area (Å²) in [5.74, 6) is -0.273. The summed E-state index contributed by atoms with van der Waals surface area (Å²) in [5.41, 5.74) is -2.55. The maximum atomic E-state index is 16.4. The van der Waals surface area contributed by atoms with Crippen LogP contribution in [-0.2, 0) is 9.59 Å². The predicted molar refractivity (Wildman–Crippen MR) is 83.4 cm³/mol. The molecule has 0 aliphatic heterocycles. The molecule has 0 radical (unpaired) electrons. The van der Waals surface area contributed by atoms with Gasteiger partial charge in [0.25, 0.3) is 0 Å². The van der Waals surface area contributed by atoms with E-state index in [1.54, 1.807) is 13.0 Å². The van der Waals surface area contributed by atoms with Gasteiger partial charge in [-0.1, -0.05) is 18.6 Å². The highest BCUT2D eigenvalue weighted by atomic mass is 19.1. The lowest BCUT2D eigenvalue weighted by Gasteiger charge is -2.60. The minimum Gasteiger partial charge on any atom is -0.390 e. The van der Waals surface area contributed by atoms with Crippen molar-refractivity contribution in [3.8, 4) is 0 Å². The zero-order valence-corrected chi connectivity index (χ0v) is 13.6. The van der Waals surface area contributed by atoms with Crippen molar-refractivity contribution in [3.05, 3.63) is 23.8 Å². The van der Waals surface area contributed by atoms with Gasteiger partial charge in [0.15, 0.2) is 11.5 Å². The highest BCUT2D eigenvalue weighted by Crippen LogP contribution is 2.66. The van der Waals surface area contributed by atoms with E-state index in [9.17, 15) is 14.7 Å². The maximum Gasteiger partial charge on any atom is 0.178 e. The molecule has 4 heteroatoms. The minimum absolute atomic E-state index is 0.00666. The van der Waals surface area contributed by atoms with Gasteiger partial charge in [-0.2, -0.15) is 0 Å². The Morgan fingerprint density at radius 2 is 1.87 bits per heavy atom. The van der Waals surface area contributed by atoms with Gasteiger partial charge in [0.05, 0.1) is 6.10 Å². The van der Waals surface area contributed by atoms with Crippen LogP contribution < -0.4 is 0 Å². The largest absolute Gasteiger partial charge is 0.390 e. The number of alkyl halides is 1. The Kier molecular flexibility index (Phi) is 2.92. The Hall–Kier alpha value is -1.29. The maximum absolute atomic E-state index is 16.4. The number of carbonyl (C=O) groups excluding carboxylic acids is 2. The lowest BCUT2D eigenvalue weighted by molar-refractivity contribution is -0.190. The molecule has 23 heavy (non-hydrogen) atoms. The van der Waals surface area contributed by atoms with E-state index >= 15 is 4.39 Å². The number of Topliss-reactive ketones (excluding diaryl/α,β-unsaturated/α-hetero) is 1. The van der Waals surface area contributed by atoms with Gasteiger partial charge in [0.1, 0.15) is 5.78 Å². The van der Waals surface area contributed by atoms with E-state index in [1.165, 1.54) is 12.2 Å². The number of hydrogen-bond acceptors (Lipinski definition) is 3. The van der Waals surface area contributed by atoms with E-state index < -0.39 is 22.6 Å². The summed E-state index contributed by atoms with van der Waals surface area (Å²) in [6.07, 6.45) is 6.10. The Balaban J connectivity index is 1.84. The molecule has 0 unspecified atom stereocenters. The number of carbonyl (C=O) groups is 2. The lowest BCUT2D eigenvalue weighted by Crippen LogP contribution is -2.66. The lowest BCUT2D eigenvalue weighted by atomic mass is 9.46. The van der Waals surface area contributed by atoms with Crippen molar-refractivity contribution < 1.29 is 19.1 Å². The molecule has 3 saturated carbocycles. The van der Waals surface area contributed by atoms with Gasteiger partial charge in [-0.05, 0) is 50.7 Å². The first-order chi connectivity index (χ1) is 10.7. The molecule has 0 saturated heterocycles. The van der Waals surface area contributed by atoms with Crippen molar-refractivity contribution in [2.24, 2.45) is 22.7 Å². The molecule has 0 aromatic rings. The van der Waals surface area contributed by atoms with Crippen LogP contribution in [0.25, 0.3) is 0 Å². The first kappa shape index (κ1) is 15.3. The summed E-state index contributed by atoms with van der Waals surface area (Å²) >= 11 is 0. The van der Waals surface area contributed by atoms with Gasteiger partial charge in [0.2, 0.25) is 0 Å². The standard InChI is InChI=1S/C19H23FO3/c1-17-10-16(23)19(20)14(13(17)5-6-15(17)22)4-3-11-9-12(21)7-8-18(11,19)2/h7-9,13-14,16,23H,3-6,10H2,1-2H3/t13-,14-,16-,17-,18-,19-/m0/s1. The predicted octanol–water partition coefficient (Wildman–Crippen LogP) is 2.93. The van der Waals surface area contributed by atoms with Gasteiger partial charge < -0.3 is 5.11 Å². The van der Waals surface area contributed by atoms with Crippen LogP contribution in [0.15, 0.2) is 23.8 Å². The van der Waals surface area contributed by atoms with Gasteiger partial charge in [-0.15, -0.1) is 0 Å². The van der Waals surface area contributed by atoms with Crippen LogP contribution in [0, 0.1) is 22.7 Å². The van der Waals surface area contributed by atoms with E-state index in [1.807, 2.05) is 6.92 Å². The summed E-state index contributed by atoms with van der Waals surface area (Å²) in [7, 11) is 0. The van der Waals surface area contributed by atoms with Crippen LogP contribution in [0.2, 0.25) is 0 Å². The van der Waals surface area contributed by atoms with Crippen LogP contribution in [0.1, 0.15) is 46.0 Å². The molecular formula is C19H23FO3. The quantitative estimate of drug-likeness (QED) is 0.747. The average Bonchev–Trinajstić information content (AvgIpc) is 2.77. The fraction of sp³-hybridized carbons (Fsp3) is 0.684. The minimum atomic E-state index is -1.80. The third-order valence-electron chi connectivity index (χ3n) is 7.35. The molecular weight excluding hydrogens is 295 g/mol. The molecule has 3 nitrogen and oxygen atoms in total. The van der Waals surface area contributed by atoms with Gasteiger partial charge in [-0.25, -0.2) is 4.39 Å². The molecule has 4 aliphatic carbocycles. The SMILES string of the molecule is C[C@]12C=CC(=O)C=C1CC[C@H]1[C@@H]3CCC(=O)[C@@]3(C)C[C@H](O)[C@@]12F. The van der Waals surface area contributed by atoms with Crippen LogP contribution >= 0.6 is 0 Å². The van der Waals surface area contributed by atoms with Gasteiger partial charge in [0, 0.05) is 23.2 Å². The number of halogens is 1.